The SMILES string of the molecule is CCCCCCCCCCCCCCCCCCOc1ccc(-c2cc[c]cc2)cc1. The summed E-state index contributed by atoms with van der Waals surface area (Å²) in [6, 6.07) is 19.6. The summed E-state index contributed by atoms with van der Waals surface area (Å²) in [6.07, 6.45) is 22.4. The third-order valence-electron chi connectivity index (χ3n) is 6.17. The Hall–Kier alpha value is -1.76. The predicted molar refractivity (Wildman–Crippen MR) is 136 cm³/mol. The number of rotatable bonds is 19. The maximum Gasteiger partial charge on any atom is 0.119 e. The van der Waals surface area contributed by atoms with Crippen LogP contribution in [0.4, 0.5) is 0 Å². The lowest BCUT2D eigenvalue weighted by Crippen LogP contribution is -1.97. The van der Waals surface area contributed by atoms with E-state index < -0.39 is 0 Å². The molecule has 2 rings (SSSR count). The highest BCUT2D eigenvalue weighted by Crippen LogP contribution is 2.22. The average Bonchev–Trinajstić information content (AvgIpc) is 2.82. The first-order valence-electron chi connectivity index (χ1n) is 13.1. The molecule has 0 aliphatic rings. The Balaban J connectivity index is 1.35. The smallest absolute Gasteiger partial charge is 0.119 e. The number of unbranched alkanes of at least 4 members (excludes halogenated alkanes) is 15. The molecule has 0 aliphatic carbocycles. The lowest BCUT2D eigenvalue weighted by Gasteiger charge is -2.08. The van der Waals surface area contributed by atoms with E-state index in [1.54, 1.807) is 0 Å². The Labute approximate surface area is 192 Å². The molecule has 0 unspecified atom stereocenters. The van der Waals surface area contributed by atoms with E-state index in [2.05, 4.69) is 49.4 Å². The first-order chi connectivity index (χ1) is 15.4. The van der Waals surface area contributed by atoms with Gasteiger partial charge in [0.25, 0.3) is 0 Å². The van der Waals surface area contributed by atoms with E-state index in [-0.39, 0.29) is 0 Å². The molecule has 1 nitrogen and oxygen atoms in total. The normalized spacial score (nSPS) is 11.0. The van der Waals surface area contributed by atoms with Crippen LogP contribution in [-0.4, -0.2) is 6.61 Å². The van der Waals surface area contributed by atoms with E-state index in [4.69, 9.17) is 4.74 Å². The van der Waals surface area contributed by atoms with Gasteiger partial charge in [0.1, 0.15) is 5.75 Å². The minimum atomic E-state index is 0.831. The standard InChI is InChI=1S/C30H45O/c1-2-3-4-5-6-7-8-9-10-11-12-13-14-15-16-20-27-31-30-25-23-29(24-26-30)28-21-18-17-19-22-28/h18-19,21-26H,2-16,20,27H2,1H3. The van der Waals surface area contributed by atoms with Gasteiger partial charge in [-0.3, -0.25) is 0 Å². The quantitative estimate of drug-likeness (QED) is 0.205. The van der Waals surface area contributed by atoms with Crippen molar-refractivity contribution in [2.45, 2.75) is 110 Å². The van der Waals surface area contributed by atoms with Crippen molar-refractivity contribution < 1.29 is 4.74 Å². The van der Waals surface area contributed by atoms with Crippen molar-refractivity contribution in [1.29, 1.82) is 0 Å². The van der Waals surface area contributed by atoms with E-state index >= 15 is 0 Å². The first-order valence-corrected chi connectivity index (χ1v) is 13.1. The van der Waals surface area contributed by atoms with Crippen LogP contribution >= 0.6 is 0 Å². The summed E-state index contributed by atoms with van der Waals surface area (Å²) < 4.78 is 5.91. The Morgan fingerprint density at radius 2 is 0.935 bits per heavy atom. The van der Waals surface area contributed by atoms with E-state index in [9.17, 15) is 0 Å². The van der Waals surface area contributed by atoms with E-state index in [1.807, 2.05) is 12.1 Å². The zero-order chi connectivity index (χ0) is 21.8. The lowest BCUT2D eigenvalue weighted by molar-refractivity contribution is 0.304. The molecule has 0 aromatic heterocycles. The lowest BCUT2D eigenvalue weighted by atomic mass is 10.0. The zero-order valence-corrected chi connectivity index (χ0v) is 20.0. The zero-order valence-electron chi connectivity index (χ0n) is 20.0. The molecule has 0 spiro atoms. The number of ether oxygens (including phenoxy) is 1. The summed E-state index contributed by atoms with van der Waals surface area (Å²) in [5, 5.41) is 0. The van der Waals surface area contributed by atoms with Crippen molar-refractivity contribution in [2.24, 2.45) is 0 Å². The minimum Gasteiger partial charge on any atom is -0.494 e. The van der Waals surface area contributed by atoms with Gasteiger partial charge in [0.05, 0.1) is 6.61 Å². The molecule has 171 valence electrons. The maximum atomic E-state index is 5.91. The molecular formula is C30H45O. The van der Waals surface area contributed by atoms with Crippen LogP contribution < -0.4 is 4.74 Å². The Kier molecular flexibility index (Phi) is 14.7. The van der Waals surface area contributed by atoms with Crippen molar-refractivity contribution in [3.05, 3.63) is 54.6 Å². The Bertz CT molecular complexity index is 631. The average molecular weight is 422 g/mol. The summed E-state index contributed by atoms with van der Waals surface area (Å²) in [7, 11) is 0. The summed E-state index contributed by atoms with van der Waals surface area (Å²) >= 11 is 0. The first kappa shape index (κ1) is 25.5. The third kappa shape index (κ3) is 12.6. The molecule has 0 aliphatic heterocycles. The second-order valence-electron chi connectivity index (χ2n) is 8.96. The summed E-state index contributed by atoms with van der Waals surface area (Å²) in [5.74, 6) is 0.979. The van der Waals surface area contributed by atoms with Gasteiger partial charge in [-0.15, -0.1) is 0 Å². The maximum absolute atomic E-state index is 5.91. The van der Waals surface area contributed by atoms with Crippen LogP contribution in [0.5, 0.6) is 5.75 Å². The fourth-order valence-corrected chi connectivity index (χ4v) is 4.16. The van der Waals surface area contributed by atoms with Gasteiger partial charge in [-0.25, -0.2) is 0 Å². The molecule has 0 bridgehead atoms. The van der Waals surface area contributed by atoms with Gasteiger partial charge in [0.15, 0.2) is 0 Å². The highest BCUT2D eigenvalue weighted by molar-refractivity contribution is 5.63. The number of benzene rings is 2. The molecule has 0 N–H and O–H groups in total. The molecule has 1 heteroatoms. The summed E-state index contributed by atoms with van der Waals surface area (Å²) in [5.41, 5.74) is 2.45. The molecule has 0 fully saturated rings. The van der Waals surface area contributed by atoms with Gasteiger partial charge in [0, 0.05) is 0 Å². The van der Waals surface area contributed by atoms with Crippen LogP contribution in [0.1, 0.15) is 110 Å². The van der Waals surface area contributed by atoms with Crippen LogP contribution in [0.3, 0.4) is 0 Å². The van der Waals surface area contributed by atoms with Gasteiger partial charge >= 0.3 is 0 Å². The predicted octanol–water partition coefficient (Wildman–Crippen LogP) is 9.79. The van der Waals surface area contributed by atoms with Gasteiger partial charge in [0.2, 0.25) is 0 Å². The molecule has 1 radical (unpaired) electrons. The highest BCUT2D eigenvalue weighted by Gasteiger charge is 1.99. The van der Waals surface area contributed by atoms with E-state index in [0.717, 1.165) is 18.8 Å². The Morgan fingerprint density at radius 1 is 0.516 bits per heavy atom. The summed E-state index contributed by atoms with van der Waals surface area (Å²) in [6.45, 7) is 3.12. The molecule has 0 amide bonds. The molecule has 0 saturated heterocycles. The molecule has 0 heterocycles. The van der Waals surface area contributed by atoms with Crippen molar-refractivity contribution in [3.8, 4) is 16.9 Å². The molecule has 2 aromatic carbocycles. The molecule has 2 aromatic rings. The number of hydrogen-bond acceptors (Lipinski definition) is 1. The van der Waals surface area contributed by atoms with Crippen LogP contribution in [-0.2, 0) is 0 Å². The molecular weight excluding hydrogens is 376 g/mol. The van der Waals surface area contributed by atoms with E-state index in [0.29, 0.717) is 0 Å². The number of hydrogen-bond donors (Lipinski definition) is 0. The molecule has 31 heavy (non-hydrogen) atoms. The second-order valence-corrected chi connectivity index (χ2v) is 8.96. The molecule has 0 atom stereocenters. The fraction of sp³-hybridized carbons (Fsp3) is 0.600. The van der Waals surface area contributed by atoms with E-state index in [1.165, 1.54) is 107 Å². The van der Waals surface area contributed by atoms with Crippen LogP contribution in [0.15, 0.2) is 48.5 Å². The third-order valence-corrected chi connectivity index (χ3v) is 6.17. The van der Waals surface area contributed by atoms with Gasteiger partial charge < -0.3 is 4.74 Å². The van der Waals surface area contributed by atoms with Crippen molar-refractivity contribution >= 4 is 0 Å². The highest BCUT2D eigenvalue weighted by atomic mass is 16.5. The van der Waals surface area contributed by atoms with Gasteiger partial charge in [-0.1, -0.05) is 140 Å². The van der Waals surface area contributed by atoms with Gasteiger partial charge in [-0.2, -0.15) is 0 Å². The minimum absolute atomic E-state index is 0.831. The van der Waals surface area contributed by atoms with Crippen LogP contribution in [0.25, 0.3) is 11.1 Å². The van der Waals surface area contributed by atoms with Crippen LogP contribution in [0.2, 0.25) is 0 Å². The summed E-state index contributed by atoms with van der Waals surface area (Å²) in [4.78, 5) is 0. The largest absolute Gasteiger partial charge is 0.494 e. The fourth-order valence-electron chi connectivity index (χ4n) is 4.16. The van der Waals surface area contributed by atoms with Crippen molar-refractivity contribution in [1.82, 2.24) is 0 Å². The van der Waals surface area contributed by atoms with Crippen molar-refractivity contribution in [2.75, 3.05) is 6.61 Å². The van der Waals surface area contributed by atoms with Crippen LogP contribution in [0, 0.1) is 6.07 Å². The van der Waals surface area contributed by atoms with Gasteiger partial charge in [-0.05, 0) is 35.7 Å². The Morgan fingerprint density at radius 3 is 1.42 bits per heavy atom. The topological polar surface area (TPSA) is 9.23 Å². The monoisotopic (exact) mass is 421 g/mol. The molecule has 0 saturated carbocycles. The van der Waals surface area contributed by atoms with Crippen molar-refractivity contribution in [3.63, 3.8) is 0 Å². The second kappa shape index (κ2) is 17.9.